The molecule has 2 rings (SSSR count). The zero-order valence-electron chi connectivity index (χ0n) is 9.16. The van der Waals surface area contributed by atoms with E-state index in [1.165, 1.54) is 12.2 Å². The van der Waals surface area contributed by atoms with Crippen LogP contribution in [0.1, 0.15) is 28.3 Å². The van der Waals surface area contributed by atoms with Crippen molar-refractivity contribution in [2.24, 2.45) is 0 Å². The Bertz CT molecular complexity index is 383. The standard InChI is InChI=1S/C11H15NO3S/c1-7-8(4-10(15-7)11(13)14)5-12-9-2-3-16-6-9/h4,9,12H,2-3,5-6H2,1H3,(H,13,14). The van der Waals surface area contributed by atoms with E-state index in [9.17, 15) is 4.79 Å². The summed E-state index contributed by atoms with van der Waals surface area (Å²) in [5.74, 6) is 2.06. The molecule has 5 heteroatoms. The van der Waals surface area contributed by atoms with E-state index < -0.39 is 5.97 Å². The van der Waals surface area contributed by atoms with Gasteiger partial charge in [-0.2, -0.15) is 11.8 Å². The monoisotopic (exact) mass is 241 g/mol. The SMILES string of the molecule is Cc1oc(C(=O)O)cc1CNC1CCSC1. The van der Waals surface area contributed by atoms with E-state index in [4.69, 9.17) is 9.52 Å². The van der Waals surface area contributed by atoms with Crippen LogP contribution in [0.3, 0.4) is 0 Å². The Morgan fingerprint density at radius 1 is 1.75 bits per heavy atom. The molecular formula is C11H15NO3S. The van der Waals surface area contributed by atoms with Gasteiger partial charge in [0, 0.05) is 23.9 Å². The molecular weight excluding hydrogens is 226 g/mol. The third-order valence-electron chi connectivity index (χ3n) is 2.74. The highest BCUT2D eigenvalue weighted by molar-refractivity contribution is 7.99. The van der Waals surface area contributed by atoms with Crippen molar-refractivity contribution in [1.82, 2.24) is 5.32 Å². The molecule has 1 aliphatic rings. The fourth-order valence-electron chi connectivity index (χ4n) is 1.75. The Kier molecular flexibility index (Phi) is 3.56. The van der Waals surface area contributed by atoms with Crippen LogP contribution in [0.25, 0.3) is 0 Å². The normalized spacial score (nSPS) is 20.2. The largest absolute Gasteiger partial charge is 0.475 e. The Hall–Kier alpha value is -0.940. The minimum atomic E-state index is -1.01. The Balaban J connectivity index is 1.95. The van der Waals surface area contributed by atoms with Gasteiger partial charge in [-0.3, -0.25) is 0 Å². The highest BCUT2D eigenvalue weighted by Crippen LogP contribution is 2.19. The Morgan fingerprint density at radius 3 is 3.12 bits per heavy atom. The van der Waals surface area contributed by atoms with Crippen LogP contribution in [-0.2, 0) is 6.54 Å². The second-order valence-corrected chi connectivity index (χ2v) is 5.09. The maximum Gasteiger partial charge on any atom is 0.371 e. The van der Waals surface area contributed by atoms with E-state index in [0.29, 0.717) is 18.3 Å². The summed E-state index contributed by atoms with van der Waals surface area (Å²) < 4.78 is 5.15. The van der Waals surface area contributed by atoms with Gasteiger partial charge in [-0.05, 0) is 25.2 Å². The van der Waals surface area contributed by atoms with Crippen molar-refractivity contribution in [3.05, 3.63) is 23.2 Å². The van der Waals surface area contributed by atoms with Crippen LogP contribution >= 0.6 is 11.8 Å². The van der Waals surface area contributed by atoms with Crippen molar-refractivity contribution in [3.8, 4) is 0 Å². The molecule has 1 aliphatic heterocycles. The first-order valence-electron chi connectivity index (χ1n) is 5.30. The van der Waals surface area contributed by atoms with Crippen molar-refractivity contribution in [1.29, 1.82) is 0 Å². The first-order valence-corrected chi connectivity index (χ1v) is 6.46. The Morgan fingerprint density at radius 2 is 2.56 bits per heavy atom. The lowest BCUT2D eigenvalue weighted by Crippen LogP contribution is -2.28. The number of thioether (sulfide) groups is 1. The molecule has 88 valence electrons. The lowest BCUT2D eigenvalue weighted by molar-refractivity contribution is 0.0661. The van der Waals surface area contributed by atoms with Gasteiger partial charge >= 0.3 is 5.97 Å². The molecule has 1 saturated heterocycles. The minimum Gasteiger partial charge on any atom is -0.475 e. The lowest BCUT2D eigenvalue weighted by Gasteiger charge is -2.09. The average Bonchev–Trinajstić information content (AvgIpc) is 2.84. The molecule has 1 aromatic heterocycles. The molecule has 0 spiro atoms. The van der Waals surface area contributed by atoms with Gasteiger partial charge in [-0.1, -0.05) is 0 Å². The van der Waals surface area contributed by atoms with Crippen molar-refractivity contribution in [3.63, 3.8) is 0 Å². The third kappa shape index (κ3) is 2.59. The third-order valence-corrected chi connectivity index (χ3v) is 3.90. The molecule has 0 aliphatic carbocycles. The number of carboxylic acids is 1. The van der Waals surface area contributed by atoms with Crippen LogP contribution in [0.2, 0.25) is 0 Å². The summed E-state index contributed by atoms with van der Waals surface area (Å²) in [6.45, 7) is 2.49. The lowest BCUT2D eigenvalue weighted by atomic mass is 10.2. The number of hydrogen-bond acceptors (Lipinski definition) is 4. The van der Waals surface area contributed by atoms with Gasteiger partial charge in [0.1, 0.15) is 5.76 Å². The number of carboxylic acid groups (broad SMARTS) is 1. The number of aryl methyl sites for hydroxylation is 1. The quantitative estimate of drug-likeness (QED) is 0.842. The van der Waals surface area contributed by atoms with Crippen molar-refractivity contribution in [2.45, 2.75) is 25.9 Å². The molecule has 4 nitrogen and oxygen atoms in total. The smallest absolute Gasteiger partial charge is 0.371 e. The first kappa shape index (κ1) is 11.5. The van der Waals surface area contributed by atoms with Crippen LogP contribution < -0.4 is 5.32 Å². The van der Waals surface area contributed by atoms with E-state index in [1.54, 1.807) is 13.0 Å². The van der Waals surface area contributed by atoms with Gasteiger partial charge in [-0.15, -0.1) is 0 Å². The highest BCUT2D eigenvalue weighted by atomic mass is 32.2. The molecule has 1 fully saturated rings. The van der Waals surface area contributed by atoms with Crippen LogP contribution in [0.5, 0.6) is 0 Å². The molecule has 0 amide bonds. The predicted octanol–water partition coefficient (Wildman–Crippen LogP) is 1.88. The van der Waals surface area contributed by atoms with Gasteiger partial charge in [0.2, 0.25) is 5.76 Å². The molecule has 0 bridgehead atoms. The fraction of sp³-hybridized carbons (Fsp3) is 0.545. The molecule has 2 N–H and O–H groups in total. The van der Waals surface area contributed by atoms with E-state index in [1.807, 2.05) is 11.8 Å². The van der Waals surface area contributed by atoms with Crippen molar-refractivity contribution < 1.29 is 14.3 Å². The summed E-state index contributed by atoms with van der Waals surface area (Å²) in [4.78, 5) is 10.7. The van der Waals surface area contributed by atoms with Gasteiger partial charge in [-0.25, -0.2) is 4.79 Å². The number of furan rings is 1. The molecule has 1 atom stereocenters. The summed E-state index contributed by atoms with van der Waals surface area (Å²) in [5.41, 5.74) is 0.939. The zero-order valence-corrected chi connectivity index (χ0v) is 9.97. The predicted molar refractivity (Wildman–Crippen MR) is 63.0 cm³/mol. The summed E-state index contributed by atoms with van der Waals surface area (Å²) in [6.07, 6.45) is 1.19. The number of nitrogens with one attached hydrogen (secondary N) is 1. The molecule has 0 saturated carbocycles. The summed E-state index contributed by atoms with van der Waals surface area (Å²) >= 11 is 1.95. The van der Waals surface area contributed by atoms with E-state index >= 15 is 0 Å². The van der Waals surface area contributed by atoms with E-state index in [2.05, 4.69) is 5.32 Å². The number of rotatable bonds is 4. The number of hydrogen-bond donors (Lipinski definition) is 2. The second kappa shape index (κ2) is 4.93. The molecule has 1 aromatic rings. The summed E-state index contributed by atoms with van der Waals surface area (Å²) in [6, 6.07) is 2.15. The molecule has 0 radical (unpaired) electrons. The van der Waals surface area contributed by atoms with E-state index in [0.717, 1.165) is 11.3 Å². The molecule has 0 aromatic carbocycles. The van der Waals surface area contributed by atoms with Gasteiger partial charge < -0.3 is 14.8 Å². The van der Waals surface area contributed by atoms with Crippen molar-refractivity contribution >= 4 is 17.7 Å². The molecule has 16 heavy (non-hydrogen) atoms. The number of carbonyl (C=O) groups is 1. The molecule has 2 heterocycles. The fourth-order valence-corrected chi connectivity index (χ4v) is 2.94. The van der Waals surface area contributed by atoms with Crippen LogP contribution in [-0.4, -0.2) is 28.6 Å². The topological polar surface area (TPSA) is 62.5 Å². The van der Waals surface area contributed by atoms with Crippen LogP contribution in [0.15, 0.2) is 10.5 Å². The van der Waals surface area contributed by atoms with Gasteiger partial charge in [0.25, 0.3) is 0 Å². The molecule has 1 unspecified atom stereocenters. The minimum absolute atomic E-state index is 0.0232. The Labute approximate surface area is 98.4 Å². The second-order valence-electron chi connectivity index (χ2n) is 3.94. The van der Waals surface area contributed by atoms with E-state index in [-0.39, 0.29) is 5.76 Å². The van der Waals surface area contributed by atoms with Gasteiger partial charge in [0.15, 0.2) is 0 Å². The summed E-state index contributed by atoms with van der Waals surface area (Å²) in [7, 11) is 0. The van der Waals surface area contributed by atoms with Gasteiger partial charge in [0.05, 0.1) is 0 Å². The average molecular weight is 241 g/mol. The first-order chi connectivity index (χ1) is 7.66. The number of aromatic carboxylic acids is 1. The summed E-state index contributed by atoms with van der Waals surface area (Å²) in [5, 5.41) is 12.2. The van der Waals surface area contributed by atoms with Crippen LogP contribution in [0.4, 0.5) is 0 Å². The maximum absolute atomic E-state index is 10.7. The van der Waals surface area contributed by atoms with Crippen LogP contribution in [0, 0.1) is 6.92 Å². The van der Waals surface area contributed by atoms with Crippen molar-refractivity contribution in [2.75, 3.05) is 11.5 Å². The zero-order chi connectivity index (χ0) is 11.5. The highest BCUT2D eigenvalue weighted by Gasteiger charge is 2.17. The maximum atomic E-state index is 10.7.